The summed E-state index contributed by atoms with van der Waals surface area (Å²) in [4.78, 5) is 11.3. The first-order valence-corrected chi connectivity index (χ1v) is 5.48. The number of methoxy groups -OCH3 is 1. The highest BCUT2D eigenvalue weighted by Crippen LogP contribution is 2.41. The molecule has 1 spiro atoms. The fourth-order valence-electron chi connectivity index (χ4n) is 2.70. The molecule has 14 heavy (non-hydrogen) atoms. The Hall–Kier alpha value is -0.570. The standard InChI is InChI=1S/C11H18O3/c1-13-10(12)9-3-6-11(7-4-9)5-2-8-14-11/h9H,2-8H2,1H3. The van der Waals surface area contributed by atoms with Gasteiger partial charge in [0.15, 0.2) is 0 Å². The molecule has 1 saturated heterocycles. The molecule has 0 aromatic rings. The highest BCUT2D eigenvalue weighted by Gasteiger charge is 2.40. The lowest BCUT2D eigenvalue weighted by molar-refractivity contribution is -0.148. The van der Waals surface area contributed by atoms with Crippen LogP contribution in [0.2, 0.25) is 0 Å². The molecule has 0 aromatic heterocycles. The first-order chi connectivity index (χ1) is 6.76. The molecule has 1 aliphatic heterocycles. The molecule has 0 unspecified atom stereocenters. The zero-order valence-corrected chi connectivity index (χ0v) is 8.75. The third-order valence-corrected chi connectivity index (χ3v) is 3.62. The molecule has 1 heterocycles. The van der Waals surface area contributed by atoms with Gasteiger partial charge >= 0.3 is 5.97 Å². The van der Waals surface area contributed by atoms with Gasteiger partial charge in [-0.3, -0.25) is 4.79 Å². The van der Waals surface area contributed by atoms with Crippen molar-refractivity contribution in [2.45, 2.75) is 44.1 Å². The summed E-state index contributed by atoms with van der Waals surface area (Å²) in [5, 5.41) is 0. The topological polar surface area (TPSA) is 35.5 Å². The van der Waals surface area contributed by atoms with E-state index in [4.69, 9.17) is 9.47 Å². The number of carbonyl (C=O) groups excluding carboxylic acids is 1. The van der Waals surface area contributed by atoms with Crippen LogP contribution >= 0.6 is 0 Å². The number of hydrogen-bond acceptors (Lipinski definition) is 3. The van der Waals surface area contributed by atoms with E-state index in [2.05, 4.69) is 0 Å². The van der Waals surface area contributed by atoms with Gasteiger partial charge in [-0.15, -0.1) is 0 Å². The summed E-state index contributed by atoms with van der Waals surface area (Å²) >= 11 is 0. The Morgan fingerprint density at radius 3 is 2.57 bits per heavy atom. The van der Waals surface area contributed by atoms with Gasteiger partial charge in [0.2, 0.25) is 0 Å². The molecule has 0 aromatic carbocycles. The highest BCUT2D eigenvalue weighted by molar-refractivity contribution is 5.72. The molecule has 2 aliphatic rings. The van der Waals surface area contributed by atoms with Crippen LogP contribution in [-0.2, 0) is 14.3 Å². The van der Waals surface area contributed by atoms with E-state index in [-0.39, 0.29) is 17.5 Å². The molecule has 0 N–H and O–H groups in total. The molecular formula is C11H18O3. The minimum Gasteiger partial charge on any atom is -0.469 e. The maximum Gasteiger partial charge on any atom is 0.308 e. The average molecular weight is 198 g/mol. The van der Waals surface area contributed by atoms with E-state index in [1.807, 2.05) is 0 Å². The monoisotopic (exact) mass is 198 g/mol. The number of rotatable bonds is 1. The van der Waals surface area contributed by atoms with Crippen LogP contribution < -0.4 is 0 Å². The van der Waals surface area contributed by atoms with Crippen LogP contribution in [0.5, 0.6) is 0 Å². The lowest BCUT2D eigenvalue weighted by Gasteiger charge is -2.35. The summed E-state index contributed by atoms with van der Waals surface area (Å²) in [6, 6.07) is 0. The van der Waals surface area contributed by atoms with Crippen molar-refractivity contribution in [3.8, 4) is 0 Å². The molecule has 2 fully saturated rings. The summed E-state index contributed by atoms with van der Waals surface area (Å²) < 4.78 is 10.6. The normalized spacial score (nSPS) is 37.4. The fraction of sp³-hybridized carbons (Fsp3) is 0.909. The van der Waals surface area contributed by atoms with Gasteiger partial charge in [-0.05, 0) is 38.5 Å². The summed E-state index contributed by atoms with van der Waals surface area (Å²) in [6.07, 6.45) is 6.31. The van der Waals surface area contributed by atoms with Crippen LogP contribution in [0.3, 0.4) is 0 Å². The number of ether oxygens (including phenoxy) is 2. The molecule has 0 atom stereocenters. The van der Waals surface area contributed by atoms with Crippen molar-refractivity contribution in [1.29, 1.82) is 0 Å². The predicted octanol–water partition coefficient (Wildman–Crippen LogP) is 1.90. The Morgan fingerprint density at radius 1 is 1.36 bits per heavy atom. The number of esters is 1. The van der Waals surface area contributed by atoms with Crippen LogP contribution in [0.1, 0.15) is 38.5 Å². The van der Waals surface area contributed by atoms with E-state index in [0.717, 1.165) is 32.3 Å². The Morgan fingerprint density at radius 2 is 2.07 bits per heavy atom. The first kappa shape index (κ1) is 9.97. The van der Waals surface area contributed by atoms with Gasteiger partial charge in [-0.2, -0.15) is 0 Å². The highest BCUT2D eigenvalue weighted by atomic mass is 16.5. The van der Waals surface area contributed by atoms with E-state index in [1.54, 1.807) is 0 Å². The van der Waals surface area contributed by atoms with Gasteiger partial charge in [0, 0.05) is 6.61 Å². The summed E-state index contributed by atoms with van der Waals surface area (Å²) in [7, 11) is 1.47. The van der Waals surface area contributed by atoms with Crippen LogP contribution in [0.4, 0.5) is 0 Å². The third-order valence-electron chi connectivity index (χ3n) is 3.62. The maximum absolute atomic E-state index is 11.3. The lowest BCUT2D eigenvalue weighted by Crippen LogP contribution is -2.35. The SMILES string of the molecule is COC(=O)C1CCC2(CCCO2)CC1. The van der Waals surface area contributed by atoms with Crippen molar-refractivity contribution in [3.05, 3.63) is 0 Å². The van der Waals surface area contributed by atoms with Gasteiger partial charge < -0.3 is 9.47 Å². The van der Waals surface area contributed by atoms with E-state index < -0.39 is 0 Å². The molecule has 1 aliphatic carbocycles. The zero-order valence-electron chi connectivity index (χ0n) is 8.75. The van der Waals surface area contributed by atoms with Crippen molar-refractivity contribution in [3.63, 3.8) is 0 Å². The van der Waals surface area contributed by atoms with Gasteiger partial charge in [-0.1, -0.05) is 0 Å². The number of carbonyl (C=O) groups is 1. The minimum atomic E-state index is -0.0437. The van der Waals surface area contributed by atoms with Crippen LogP contribution in [0, 0.1) is 5.92 Å². The predicted molar refractivity (Wildman–Crippen MR) is 51.9 cm³/mol. The van der Waals surface area contributed by atoms with Crippen LogP contribution in [0.25, 0.3) is 0 Å². The average Bonchev–Trinajstić information content (AvgIpc) is 2.67. The summed E-state index contributed by atoms with van der Waals surface area (Å²) in [6.45, 7) is 0.906. The molecule has 0 bridgehead atoms. The fourth-order valence-corrected chi connectivity index (χ4v) is 2.70. The molecule has 3 nitrogen and oxygen atoms in total. The second-order valence-electron chi connectivity index (χ2n) is 4.43. The van der Waals surface area contributed by atoms with Crippen molar-refractivity contribution >= 4 is 5.97 Å². The quantitative estimate of drug-likeness (QED) is 0.604. The molecule has 80 valence electrons. The molecule has 1 saturated carbocycles. The molecule has 2 rings (SSSR count). The van der Waals surface area contributed by atoms with E-state index >= 15 is 0 Å². The molecule has 0 radical (unpaired) electrons. The van der Waals surface area contributed by atoms with Crippen molar-refractivity contribution in [2.75, 3.05) is 13.7 Å². The van der Waals surface area contributed by atoms with E-state index in [1.165, 1.54) is 20.0 Å². The second kappa shape index (κ2) is 3.89. The zero-order chi connectivity index (χ0) is 10.0. The van der Waals surface area contributed by atoms with Gasteiger partial charge in [0.25, 0.3) is 0 Å². The second-order valence-corrected chi connectivity index (χ2v) is 4.43. The third kappa shape index (κ3) is 1.78. The van der Waals surface area contributed by atoms with Crippen molar-refractivity contribution in [2.24, 2.45) is 5.92 Å². The Balaban J connectivity index is 1.88. The van der Waals surface area contributed by atoms with Crippen molar-refractivity contribution in [1.82, 2.24) is 0 Å². The number of hydrogen-bond donors (Lipinski definition) is 0. The van der Waals surface area contributed by atoms with Crippen LogP contribution in [-0.4, -0.2) is 25.3 Å². The van der Waals surface area contributed by atoms with Crippen molar-refractivity contribution < 1.29 is 14.3 Å². The smallest absolute Gasteiger partial charge is 0.308 e. The lowest BCUT2D eigenvalue weighted by atomic mass is 9.77. The molecule has 0 amide bonds. The maximum atomic E-state index is 11.3. The Bertz CT molecular complexity index is 209. The Kier molecular flexibility index (Phi) is 2.77. The van der Waals surface area contributed by atoms with Gasteiger partial charge in [0.1, 0.15) is 0 Å². The largest absolute Gasteiger partial charge is 0.469 e. The molecule has 3 heteroatoms. The van der Waals surface area contributed by atoms with Crippen LogP contribution in [0.15, 0.2) is 0 Å². The van der Waals surface area contributed by atoms with E-state index in [9.17, 15) is 4.79 Å². The molecular weight excluding hydrogens is 180 g/mol. The summed E-state index contributed by atoms with van der Waals surface area (Å²) in [5.74, 6) is 0.0765. The van der Waals surface area contributed by atoms with Gasteiger partial charge in [0.05, 0.1) is 18.6 Å². The Labute approximate surface area is 84.8 Å². The van der Waals surface area contributed by atoms with Gasteiger partial charge in [-0.25, -0.2) is 0 Å². The first-order valence-electron chi connectivity index (χ1n) is 5.48. The minimum absolute atomic E-state index is 0.0437. The van der Waals surface area contributed by atoms with E-state index in [0.29, 0.717) is 0 Å². The summed E-state index contributed by atoms with van der Waals surface area (Å²) in [5.41, 5.74) is 0.129.